The van der Waals surface area contributed by atoms with Crippen molar-refractivity contribution in [2.24, 2.45) is 10.7 Å². The number of nitrogens with two attached hydrogens (primary N) is 1. The Bertz CT molecular complexity index is 1310. The second-order valence-corrected chi connectivity index (χ2v) is 8.32. The molecule has 0 spiro atoms. The average molecular weight is 520 g/mol. The van der Waals surface area contributed by atoms with Gasteiger partial charge in [-0.3, -0.25) is 14.6 Å². The first-order valence-electron chi connectivity index (χ1n) is 11.9. The van der Waals surface area contributed by atoms with Gasteiger partial charge in [0.1, 0.15) is 23.4 Å². The van der Waals surface area contributed by atoms with Crippen LogP contribution < -0.4 is 20.5 Å². The second-order valence-electron chi connectivity index (χ2n) is 8.32. The number of halogens is 1. The number of carboxylic acids is 1. The number of hydrogen-bond acceptors (Lipinski definition) is 7. The molecule has 0 heterocycles. The molecule has 198 valence electrons. The molecule has 1 unspecified atom stereocenters. The molecule has 0 saturated heterocycles. The van der Waals surface area contributed by atoms with Crippen molar-refractivity contribution in [2.75, 3.05) is 26.1 Å². The van der Waals surface area contributed by atoms with Crippen molar-refractivity contribution < 1.29 is 28.6 Å². The summed E-state index contributed by atoms with van der Waals surface area (Å²) in [6, 6.07) is 18.8. The summed E-state index contributed by atoms with van der Waals surface area (Å²) in [6.45, 7) is 0.186. The van der Waals surface area contributed by atoms with Gasteiger partial charge in [0.05, 0.1) is 19.4 Å². The fourth-order valence-corrected chi connectivity index (χ4v) is 3.73. The molecular weight excluding hydrogens is 489 g/mol. The van der Waals surface area contributed by atoms with Gasteiger partial charge in [0, 0.05) is 49.1 Å². The molecule has 0 radical (unpaired) electrons. The zero-order valence-corrected chi connectivity index (χ0v) is 21.2. The summed E-state index contributed by atoms with van der Waals surface area (Å²) in [7, 11) is 3.08. The van der Waals surface area contributed by atoms with Crippen molar-refractivity contribution in [2.45, 2.75) is 18.9 Å². The number of Topliss-reactive ketones (excluding diaryl/α,β-unsaturated/α-hetero) is 1. The highest BCUT2D eigenvalue weighted by Crippen LogP contribution is 2.31. The Hall–Kier alpha value is -4.66. The summed E-state index contributed by atoms with van der Waals surface area (Å²) in [5, 5.41) is 12.0. The van der Waals surface area contributed by atoms with E-state index in [-0.39, 0.29) is 18.7 Å². The fraction of sp³-hybridized carbons (Fsp3) is 0.207. The number of carbonyl (C=O) groups excluding carboxylic acids is 1. The van der Waals surface area contributed by atoms with Crippen molar-refractivity contribution in [1.29, 1.82) is 0 Å². The van der Waals surface area contributed by atoms with E-state index >= 15 is 0 Å². The second kappa shape index (κ2) is 13.6. The lowest BCUT2D eigenvalue weighted by Crippen LogP contribution is -2.27. The molecule has 0 aliphatic carbocycles. The molecule has 0 aliphatic rings. The minimum Gasteiger partial charge on any atom is -0.497 e. The van der Waals surface area contributed by atoms with Gasteiger partial charge in [-0.25, -0.2) is 4.39 Å². The van der Waals surface area contributed by atoms with Gasteiger partial charge in [0.25, 0.3) is 0 Å². The van der Waals surface area contributed by atoms with Crippen LogP contribution in [0.3, 0.4) is 0 Å². The van der Waals surface area contributed by atoms with Crippen LogP contribution in [-0.2, 0) is 9.59 Å². The van der Waals surface area contributed by atoms with Gasteiger partial charge in [-0.1, -0.05) is 42.5 Å². The van der Waals surface area contributed by atoms with Crippen molar-refractivity contribution in [1.82, 2.24) is 0 Å². The number of allylic oxidation sites excluding steroid dienone is 1. The molecule has 1 atom stereocenters. The quantitative estimate of drug-likeness (QED) is 0.167. The standard InChI is InChI=1S/C29H30FN3O5/c1-32-18-25(19-7-4-3-5-8-19)27(31)29(36)28(20-10-12-21(30)13-11-20)33-22-15-23(37-2)17-24(16-22)38-14-6-9-26(34)35/h3-5,7-8,10-13,15-18,28,33H,6,9,14,31H2,1-2H3,(H,34,35). The predicted molar refractivity (Wildman–Crippen MR) is 145 cm³/mol. The Morgan fingerprint density at radius 1 is 1.08 bits per heavy atom. The molecule has 3 aromatic rings. The SMILES string of the molecule is CN=CC(=C(N)C(=O)C(Nc1cc(OC)cc(OCCCC(=O)O)c1)c1ccc(F)cc1)c1ccccc1. The number of aliphatic imine (C=N–C) groups is 1. The highest BCUT2D eigenvalue weighted by molar-refractivity contribution is 6.20. The summed E-state index contributed by atoms with van der Waals surface area (Å²) in [5.41, 5.74) is 8.56. The summed E-state index contributed by atoms with van der Waals surface area (Å²) < 4.78 is 24.8. The Balaban J connectivity index is 2.00. The molecule has 0 saturated carbocycles. The molecule has 0 amide bonds. The molecule has 0 aliphatic heterocycles. The van der Waals surface area contributed by atoms with E-state index in [1.807, 2.05) is 30.3 Å². The number of benzene rings is 3. The first-order chi connectivity index (χ1) is 18.3. The number of ether oxygens (including phenoxy) is 2. The summed E-state index contributed by atoms with van der Waals surface area (Å²) in [6.07, 6.45) is 1.83. The fourth-order valence-electron chi connectivity index (χ4n) is 3.73. The Kier molecular flexibility index (Phi) is 9.99. The molecule has 8 nitrogen and oxygen atoms in total. The van der Waals surface area contributed by atoms with Crippen molar-refractivity contribution >= 4 is 29.2 Å². The van der Waals surface area contributed by atoms with Crippen LogP contribution in [0.4, 0.5) is 10.1 Å². The smallest absolute Gasteiger partial charge is 0.303 e. The minimum absolute atomic E-state index is 0.0170. The molecule has 0 bridgehead atoms. The Morgan fingerprint density at radius 3 is 2.39 bits per heavy atom. The summed E-state index contributed by atoms with van der Waals surface area (Å²) in [5.74, 6) is -0.905. The molecule has 3 aromatic carbocycles. The van der Waals surface area contributed by atoms with Gasteiger partial charge in [-0.15, -0.1) is 0 Å². The largest absolute Gasteiger partial charge is 0.497 e. The van der Waals surface area contributed by atoms with E-state index in [9.17, 15) is 14.0 Å². The van der Waals surface area contributed by atoms with Gasteiger partial charge in [0.15, 0.2) is 0 Å². The van der Waals surface area contributed by atoms with Crippen LogP contribution in [0.5, 0.6) is 11.5 Å². The number of carbonyl (C=O) groups is 2. The average Bonchev–Trinajstić information content (AvgIpc) is 2.93. The maximum absolute atomic E-state index is 13.8. The van der Waals surface area contributed by atoms with Crippen LogP contribution in [0.25, 0.3) is 5.57 Å². The van der Waals surface area contributed by atoms with Gasteiger partial charge in [-0.05, 0) is 29.7 Å². The molecule has 0 fully saturated rings. The molecule has 3 rings (SSSR count). The highest BCUT2D eigenvalue weighted by Gasteiger charge is 2.25. The minimum atomic E-state index is -0.980. The predicted octanol–water partition coefficient (Wildman–Crippen LogP) is 4.87. The van der Waals surface area contributed by atoms with Gasteiger partial charge in [-0.2, -0.15) is 0 Å². The van der Waals surface area contributed by atoms with E-state index in [2.05, 4.69) is 10.3 Å². The molecule has 38 heavy (non-hydrogen) atoms. The third-order valence-electron chi connectivity index (χ3n) is 5.59. The topological polar surface area (TPSA) is 123 Å². The number of nitrogens with one attached hydrogen (secondary N) is 1. The normalized spacial score (nSPS) is 12.5. The van der Waals surface area contributed by atoms with Gasteiger partial charge < -0.3 is 25.6 Å². The summed E-state index contributed by atoms with van der Waals surface area (Å²) >= 11 is 0. The van der Waals surface area contributed by atoms with Gasteiger partial charge in [0.2, 0.25) is 5.78 Å². The van der Waals surface area contributed by atoms with Crippen LogP contribution in [-0.4, -0.2) is 43.8 Å². The lowest BCUT2D eigenvalue weighted by atomic mass is 9.95. The van der Waals surface area contributed by atoms with Gasteiger partial charge >= 0.3 is 5.97 Å². The molecular formula is C29H30FN3O5. The highest BCUT2D eigenvalue weighted by atomic mass is 19.1. The maximum Gasteiger partial charge on any atom is 0.303 e. The van der Waals surface area contributed by atoms with E-state index < -0.39 is 23.6 Å². The number of carboxylic acid groups (broad SMARTS) is 1. The third kappa shape index (κ3) is 7.67. The Morgan fingerprint density at radius 2 is 1.76 bits per heavy atom. The molecule has 0 aromatic heterocycles. The zero-order chi connectivity index (χ0) is 27.5. The van der Waals surface area contributed by atoms with Crippen molar-refractivity contribution in [3.63, 3.8) is 0 Å². The third-order valence-corrected chi connectivity index (χ3v) is 5.59. The van der Waals surface area contributed by atoms with Crippen LogP contribution in [0.2, 0.25) is 0 Å². The number of anilines is 1. The van der Waals surface area contributed by atoms with Crippen LogP contribution in [0, 0.1) is 5.82 Å². The van der Waals surface area contributed by atoms with Crippen molar-refractivity contribution in [3.05, 3.63) is 95.4 Å². The zero-order valence-electron chi connectivity index (χ0n) is 21.2. The molecule has 4 N–H and O–H groups in total. The monoisotopic (exact) mass is 519 g/mol. The number of ketones is 1. The number of hydrogen-bond donors (Lipinski definition) is 3. The van der Waals surface area contributed by atoms with Crippen molar-refractivity contribution in [3.8, 4) is 11.5 Å². The summed E-state index contributed by atoms with van der Waals surface area (Å²) in [4.78, 5) is 28.7. The number of aliphatic carboxylic acids is 1. The molecule has 9 heteroatoms. The van der Waals surface area contributed by atoms with E-state index in [0.717, 1.165) is 5.56 Å². The lowest BCUT2D eigenvalue weighted by Gasteiger charge is -2.22. The van der Waals surface area contributed by atoms with Crippen LogP contribution >= 0.6 is 0 Å². The Labute approximate surface area is 220 Å². The first kappa shape index (κ1) is 27.9. The van der Waals surface area contributed by atoms with E-state index in [4.69, 9.17) is 20.3 Å². The maximum atomic E-state index is 13.8. The van der Waals surface area contributed by atoms with E-state index in [1.54, 1.807) is 25.2 Å². The van der Waals surface area contributed by atoms with E-state index in [1.165, 1.54) is 37.6 Å². The number of nitrogens with zero attached hydrogens (tertiary/aromatic N) is 1. The van der Waals surface area contributed by atoms with Crippen LogP contribution in [0.15, 0.2) is 83.5 Å². The number of rotatable bonds is 13. The first-order valence-corrected chi connectivity index (χ1v) is 11.9. The van der Waals surface area contributed by atoms with Crippen LogP contribution in [0.1, 0.15) is 30.0 Å². The number of methoxy groups -OCH3 is 1. The van der Waals surface area contributed by atoms with E-state index in [0.29, 0.717) is 34.7 Å². The lowest BCUT2D eigenvalue weighted by molar-refractivity contribution is -0.137.